The van der Waals surface area contributed by atoms with Crippen LogP contribution < -0.4 is 9.47 Å². The largest absolute Gasteiger partial charge is 0.508 e. The zero-order valence-electron chi connectivity index (χ0n) is 26.3. The Balaban J connectivity index is 1.13. The highest BCUT2D eigenvalue weighted by Gasteiger charge is 2.42. The second-order valence-corrected chi connectivity index (χ2v) is 11.8. The third-order valence-corrected chi connectivity index (χ3v) is 9.10. The molecule has 11 heteroatoms. The molecule has 7 aromatic rings. The first-order chi connectivity index (χ1) is 23.5. The van der Waals surface area contributed by atoms with E-state index >= 15 is 0 Å². The Morgan fingerprint density at radius 1 is 0.812 bits per heavy atom. The van der Waals surface area contributed by atoms with Gasteiger partial charge in [0.2, 0.25) is 0 Å². The Labute approximate surface area is 275 Å². The van der Waals surface area contributed by atoms with Gasteiger partial charge in [-0.15, -0.1) is 0 Å². The highest BCUT2D eigenvalue weighted by molar-refractivity contribution is 5.92. The molecule has 0 amide bonds. The minimum atomic E-state index is -1.05. The van der Waals surface area contributed by atoms with Gasteiger partial charge in [-0.3, -0.25) is 8.97 Å². The SMILES string of the molecule is COc1ccc(C(OC[C@H]2O[C@@H](n3cnc4c3ncn3c5ccc(O)cc5nc43)C[C@@H]2O)(c2ccccc2)c2ccc(OC)cc2)cc1. The molecule has 0 bridgehead atoms. The van der Waals surface area contributed by atoms with Gasteiger partial charge in [0.25, 0.3) is 0 Å². The molecule has 0 unspecified atom stereocenters. The van der Waals surface area contributed by atoms with Crippen molar-refractivity contribution in [1.82, 2.24) is 23.9 Å². The van der Waals surface area contributed by atoms with Crippen LogP contribution in [0.4, 0.5) is 0 Å². The number of aliphatic hydroxyl groups is 1. The third kappa shape index (κ3) is 4.91. The number of rotatable bonds is 9. The maximum atomic E-state index is 11.3. The number of aromatic nitrogens is 5. The van der Waals surface area contributed by atoms with E-state index in [1.807, 2.05) is 87.8 Å². The fourth-order valence-corrected chi connectivity index (χ4v) is 6.65. The number of benzene rings is 4. The van der Waals surface area contributed by atoms with Gasteiger partial charge in [-0.25, -0.2) is 15.0 Å². The number of hydrogen-bond acceptors (Lipinski definition) is 9. The molecular formula is C37H33N5O6. The molecule has 0 radical (unpaired) electrons. The van der Waals surface area contributed by atoms with Gasteiger partial charge < -0.3 is 29.2 Å². The molecule has 0 spiro atoms. The molecule has 3 aromatic heterocycles. The second kappa shape index (κ2) is 11.9. The highest BCUT2D eigenvalue weighted by Crippen LogP contribution is 2.43. The summed E-state index contributed by atoms with van der Waals surface area (Å²) in [7, 11) is 3.28. The Bertz CT molecular complexity index is 2170. The van der Waals surface area contributed by atoms with Gasteiger partial charge in [-0.1, -0.05) is 54.6 Å². The standard InChI is InChI=1S/C37H33N5O6/c1-45-27-13-8-24(9-14-27)37(23-6-4-3-5-7-23,25-10-15-28(46-2)16-11-25)47-20-32-31(44)19-33(48-32)42-21-38-34-35(42)39-22-41-30-17-12-26(43)18-29(30)40-36(34)41/h3-18,21-22,31-33,43-44H,19-20H2,1-2H3/t31-,32+,33+/m0/s1. The van der Waals surface area contributed by atoms with Crippen molar-refractivity contribution in [2.24, 2.45) is 0 Å². The number of aromatic hydroxyl groups is 1. The number of phenols is 1. The molecule has 3 atom stereocenters. The van der Waals surface area contributed by atoms with Gasteiger partial charge in [0.05, 0.1) is 44.3 Å². The molecule has 11 nitrogen and oxygen atoms in total. The van der Waals surface area contributed by atoms with Gasteiger partial charge in [0.15, 0.2) is 16.8 Å². The predicted molar refractivity (Wildman–Crippen MR) is 178 cm³/mol. The van der Waals surface area contributed by atoms with E-state index in [4.69, 9.17) is 23.9 Å². The molecule has 48 heavy (non-hydrogen) atoms. The van der Waals surface area contributed by atoms with Gasteiger partial charge in [-0.2, -0.15) is 0 Å². The van der Waals surface area contributed by atoms with Crippen LogP contribution in [0.1, 0.15) is 29.3 Å². The summed E-state index contributed by atoms with van der Waals surface area (Å²) in [5.74, 6) is 1.60. The summed E-state index contributed by atoms with van der Waals surface area (Å²) in [6.07, 6.45) is 1.68. The highest BCUT2D eigenvalue weighted by atomic mass is 16.6. The van der Waals surface area contributed by atoms with Crippen molar-refractivity contribution >= 4 is 27.8 Å². The molecule has 4 aromatic carbocycles. The molecule has 242 valence electrons. The van der Waals surface area contributed by atoms with Crippen molar-refractivity contribution in [2.75, 3.05) is 20.8 Å². The topological polar surface area (TPSA) is 125 Å². The number of nitrogens with zero attached hydrogens (tertiary/aromatic N) is 5. The summed E-state index contributed by atoms with van der Waals surface area (Å²) < 4.78 is 28.1. The Morgan fingerprint density at radius 2 is 1.48 bits per heavy atom. The van der Waals surface area contributed by atoms with Crippen LogP contribution in [0.2, 0.25) is 0 Å². The third-order valence-electron chi connectivity index (χ3n) is 9.10. The van der Waals surface area contributed by atoms with Crippen LogP contribution in [0, 0.1) is 0 Å². The van der Waals surface area contributed by atoms with Crippen molar-refractivity contribution in [3.8, 4) is 17.2 Å². The monoisotopic (exact) mass is 643 g/mol. The quantitative estimate of drug-likeness (QED) is 0.193. The van der Waals surface area contributed by atoms with Gasteiger partial charge >= 0.3 is 0 Å². The summed E-state index contributed by atoms with van der Waals surface area (Å²) >= 11 is 0. The number of aliphatic hydroxyl groups excluding tert-OH is 1. The van der Waals surface area contributed by atoms with Gasteiger partial charge in [0.1, 0.15) is 41.5 Å². The van der Waals surface area contributed by atoms with Crippen LogP contribution in [0.5, 0.6) is 17.2 Å². The first kappa shape index (κ1) is 29.9. The minimum Gasteiger partial charge on any atom is -0.508 e. The molecule has 0 saturated carbocycles. The second-order valence-electron chi connectivity index (χ2n) is 11.8. The van der Waals surface area contributed by atoms with Gasteiger partial charge in [-0.05, 0) is 53.1 Å². The average Bonchev–Trinajstić information content (AvgIpc) is 3.83. The first-order valence-electron chi connectivity index (χ1n) is 15.6. The Hall–Kier alpha value is -5.49. The number of fused-ring (bicyclic) bond motifs is 5. The maximum Gasteiger partial charge on any atom is 0.169 e. The van der Waals surface area contributed by atoms with Crippen LogP contribution in [0.3, 0.4) is 0 Å². The fourth-order valence-electron chi connectivity index (χ4n) is 6.65. The van der Waals surface area contributed by atoms with E-state index in [0.717, 1.165) is 33.7 Å². The Morgan fingerprint density at radius 3 is 2.15 bits per heavy atom. The van der Waals surface area contributed by atoms with Crippen LogP contribution >= 0.6 is 0 Å². The van der Waals surface area contributed by atoms with Crippen LogP contribution in [-0.2, 0) is 15.1 Å². The van der Waals surface area contributed by atoms with Crippen LogP contribution in [0.15, 0.2) is 110 Å². The zero-order valence-corrected chi connectivity index (χ0v) is 26.3. The number of imidazole rings is 2. The van der Waals surface area contributed by atoms with E-state index in [2.05, 4.69) is 9.97 Å². The zero-order chi connectivity index (χ0) is 32.8. The van der Waals surface area contributed by atoms with E-state index in [0.29, 0.717) is 28.7 Å². The van der Waals surface area contributed by atoms with E-state index in [1.165, 1.54) is 0 Å². The van der Waals surface area contributed by atoms with Crippen LogP contribution in [0.25, 0.3) is 27.8 Å². The molecule has 0 aliphatic carbocycles. The molecule has 2 N–H and O–H groups in total. The lowest BCUT2D eigenvalue weighted by atomic mass is 9.80. The normalized spacial score (nSPS) is 18.2. The molecule has 1 fully saturated rings. The van der Waals surface area contributed by atoms with E-state index in [1.54, 1.807) is 45.1 Å². The molecule has 8 rings (SSSR count). The van der Waals surface area contributed by atoms with E-state index in [-0.39, 0.29) is 12.4 Å². The number of methoxy groups -OCH3 is 2. The number of hydrogen-bond donors (Lipinski definition) is 2. The lowest BCUT2D eigenvalue weighted by Gasteiger charge is -2.37. The maximum absolute atomic E-state index is 11.3. The van der Waals surface area contributed by atoms with Crippen molar-refractivity contribution < 1.29 is 29.2 Å². The molecule has 4 heterocycles. The molecule has 1 aliphatic heterocycles. The summed E-state index contributed by atoms with van der Waals surface area (Å²) in [6, 6.07) is 30.7. The lowest BCUT2D eigenvalue weighted by Crippen LogP contribution is -2.38. The summed E-state index contributed by atoms with van der Waals surface area (Å²) in [4.78, 5) is 14.0. The molecular weight excluding hydrogens is 610 g/mol. The summed E-state index contributed by atoms with van der Waals surface area (Å²) in [6.45, 7) is 0.0874. The van der Waals surface area contributed by atoms with Crippen molar-refractivity contribution in [3.05, 3.63) is 126 Å². The summed E-state index contributed by atoms with van der Waals surface area (Å²) in [5.41, 5.74) is 4.88. The average molecular weight is 644 g/mol. The fraction of sp³-hybridized carbons (Fsp3) is 0.216. The molecule has 1 saturated heterocycles. The number of ether oxygens (including phenoxy) is 4. The van der Waals surface area contributed by atoms with Crippen molar-refractivity contribution in [1.29, 1.82) is 0 Å². The molecule has 1 aliphatic rings. The van der Waals surface area contributed by atoms with Crippen LogP contribution in [-0.4, -0.2) is 67.2 Å². The van der Waals surface area contributed by atoms with Gasteiger partial charge in [0, 0.05) is 12.5 Å². The number of phenolic OH excluding ortho intramolecular Hbond substituents is 1. The predicted octanol–water partition coefficient (Wildman–Crippen LogP) is 5.61. The van der Waals surface area contributed by atoms with Crippen molar-refractivity contribution in [3.63, 3.8) is 0 Å². The minimum absolute atomic E-state index is 0.0874. The van der Waals surface area contributed by atoms with Crippen molar-refractivity contribution in [2.45, 2.75) is 30.5 Å². The smallest absolute Gasteiger partial charge is 0.169 e. The lowest BCUT2D eigenvalue weighted by molar-refractivity contribution is -0.0931. The van der Waals surface area contributed by atoms with E-state index in [9.17, 15) is 10.2 Å². The first-order valence-corrected chi connectivity index (χ1v) is 15.6. The Kier molecular flexibility index (Phi) is 7.44. The van der Waals surface area contributed by atoms with E-state index < -0.39 is 24.0 Å². The summed E-state index contributed by atoms with van der Waals surface area (Å²) in [5, 5.41) is 21.3.